The van der Waals surface area contributed by atoms with Crippen molar-refractivity contribution in [1.29, 1.82) is 0 Å². The van der Waals surface area contributed by atoms with Crippen molar-refractivity contribution in [2.75, 3.05) is 0 Å². The zero-order valence-electron chi connectivity index (χ0n) is 6.84. The van der Waals surface area contributed by atoms with Gasteiger partial charge in [-0.05, 0) is 6.42 Å². The molecule has 3 N–H and O–H groups in total. The van der Waals surface area contributed by atoms with Crippen molar-refractivity contribution in [2.45, 2.75) is 37.7 Å². The Hall–Kier alpha value is -0.170. The maximum atomic E-state index is 10.6. The minimum atomic E-state index is -4.14. The standard InChI is InChI=1S/C6H14O5S/c1-2-3-5(4-6(7)8)12(9,10)11/h5-8H,2-4H2,1H3,(H,9,10,11). The van der Waals surface area contributed by atoms with Crippen molar-refractivity contribution < 1.29 is 23.2 Å². The molecule has 0 rings (SSSR count). The predicted molar refractivity (Wildman–Crippen MR) is 43.1 cm³/mol. The van der Waals surface area contributed by atoms with Gasteiger partial charge in [0, 0.05) is 6.42 Å². The summed E-state index contributed by atoms with van der Waals surface area (Å²) in [5, 5.41) is 15.9. The van der Waals surface area contributed by atoms with E-state index in [-0.39, 0.29) is 12.8 Å². The highest BCUT2D eigenvalue weighted by atomic mass is 32.2. The zero-order valence-corrected chi connectivity index (χ0v) is 7.66. The molecule has 0 aromatic carbocycles. The van der Waals surface area contributed by atoms with Gasteiger partial charge in [0.15, 0.2) is 6.29 Å². The van der Waals surface area contributed by atoms with Crippen LogP contribution in [0.5, 0.6) is 0 Å². The minimum Gasteiger partial charge on any atom is -0.368 e. The average molecular weight is 198 g/mol. The van der Waals surface area contributed by atoms with E-state index in [1.54, 1.807) is 6.92 Å². The highest BCUT2D eigenvalue weighted by Crippen LogP contribution is 2.12. The first-order valence-corrected chi connectivity index (χ1v) is 5.20. The quantitative estimate of drug-likeness (QED) is 0.418. The van der Waals surface area contributed by atoms with Crippen LogP contribution in [0, 0.1) is 0 Å². The largest absolute Gasteiger partial charge is 0.368 e. The summed E-state index contributed by atoms with van der Waals surface area (Å²) in [6.45, 7) is 1.75. The molecule has 1 atom stereocenters. The summed E-state index contributed by atoms with van der Waals surface area (Å²) in [4.78, 5) is 0. The molecule has 0 radical (unpaired) electrons. The molecule has 6 heteroatoms. The molecule has 0 aliphatic carbocycles. The van der Waals surface area contributed by atoms with Gasteiger partial charge in [0.05, 0.1) is 5.25 Å². The Balaban J connectivity index is 4.24. The molecule has 0 bridgehead atoms. The van der Waals surface area contributed by atoms with E-state index in [0.717, 1.165) is 0 Å². The molecule has 0 amide bonds. The highest BCUT2D eigenvalue weighted by molar-refractivity contribution is 7.86. The molecule has 0 fully saturated rings. The first-order valence-electron chi connectivity index (χ1n) is 3.70. The molecule has 12 heavy (non-hydrogen) atoms. The lowest BCUT2D eigenvalue weighted by Gasteiger charge is -2.13. The number of aliphatic hydroxyl groups is 2. The van der Waals surface area contributed by atoms with Gasteiger partial charge in [-0.2, -0.15) is 8.42 Å². The third kappa shape index (κ3) is 4.66. The van der Waals surface area contributed by atoms with Crippen LogP contribution < -0.4 is 0 Å². The Bertz CT molecular complexity index is 208. The van der Waals surface area contributed by atoms with E-state index in [9.17, 15) is 8.42 Å². The van der Waals surface area contributed by atoms with Crippen LogP contribution in [0.2, 0.25) is 0 Å². The summed E-state index contributed by atoms with van der Waals surface area (Å²) >= 11 is 0. The normalized spacial score (nSPS) is 15.1. The monoisotopic (exact) mass is 198 g/mol. The number of hydrogen-bond donors (Lipinski definition) is 3. The molecule has 0 heterocycles. The van der Waals surface area contributed by atoms with Crippen molar-refractivity contribution in [2.24, 2.45) is 0 Å². The smallest absolute Gasteiger partial charge is 0.267 e. The maximum absolute atomic E-state index is 10.6. The van der Waals surface area contributed by atoms with Gasteiger partial charge in [-0.25, -0.2) is 0 Å². The van der Waals surface area contributed by atoms with E-state index in [1.807, 2.05) is 0 Å². The highest BCUT2D eigenvalue weighted by Gasteiger charge is 2.24. The van der Waals surface area contributed by atoms with Crippen molar-refractivity contribution in [3.05, 3.63) is 0 Å². The van der Waals surface area contributed by atoms with Gasteiger partial charge in [-0.15, -0.1) is 0 Å². The van der Waals surface area contributed by atoms with Crippen LogP contribution in [0.1, 0.15) is 26.2 Å². The first kappa shape index (κ1) is 11.8. The van der Waals surface area contributed by atoms with E-state index in [2.05, 4.69) is 0 Å². The van der Waals surface area contributed by atoms with Crippen LogP contribution in [-0.2, 0) is 10.1 Å². The molecule has 0 saturated heterocycles. The maximum Gasteiger partial charge on any atom is 0.267 e. The molecule has 0 spiro atoms. The van der Waals surface area contributed by atoms with Crippen LogP contribution in [0.3, 0.4) is 0 Å². The summed E-state index contributed by atoms with van der Waals surface area (Å²) < 4.78 is 29.8. The second kappa shape index (κ2) is 4.76. The van der Waals surface area contributed by atoms with E-state index in [1.165, 1.54) is 0 Å². The second-order valence-corrected chi connectivity index (χ2v) is 4.34. The molecular weight excluding hydrogens is 184 g/mol. The minimum absolute atomic E-state index is 0.233. The van der Waals surface area contributed by atoms with Crippen LogP contribution in [0.15, 0.2) is 0 Å². The van der Waals surface area contributed by atoms with E-state index >= 15 is 0 Å². The van der Waals surface area contributed by atoms with Crippen LogP contribution >= 0.6 is 0 Å². The van der Waals surface area contributed by atoms with Crippen molar-refractivity contribution >= 4 is 10.1 Å². The topological polar surface area (TPSA) is 94.8 Å². The molecule has 1 unspecified atom stereocenters. The lowest BCUT2D eigenvalue weighted by atomic mass is 10.2. The predicted octanol–water partition coefficient (Wildman–Crippen LogP) is -0.256. The zero-order chi connectivity index (χ0) is 9.78. The van der Waals surface area contributed by atoms with Gasteiger partial charge in [0.1, 0.15) is 0 Å². The summed E-state index contributed by atoms with van der Waals surface area (Å²) in [7, 11) is -4.14. The Morgan fingerprint density at radius 3 is 2.08 bits per heavy atom. The lowest BCUT2D eigenvalue weighted by molar-refractivity contribution is -0.0461. The first-order chi connectivity index (χ1) is 5.38. The molecule has 0 saturated carbocycles. The Labute approximate surface area is 71.8 Å². The summed E-state index contributed by atoms with van der Waals surface area (Å²) in [5.74, 6) is 0. The average Bonchev–Trinajstić information content (AvgIpc) is 1.83. The molecule has 74 valence electrons. The molecule has 0 aromatic rings. The second-order valence-electron chi connectivity index (χ2n) is 2.64. The molecular formula is C6H14O5S. The van der Waals surface area contributed by atoms with Crippen molar-refractivity contribution in [3.8, 4) is 0 Å². The number of hydrogen-bond acceptors (Lipinski definition) is 4. The number of aliphatic hydroxyl groups excluding tert-OH is 1. The third-order valence-electron chi connectivity index (χ3n) is 1.51. The summed E-state index contributed by atoms with van der Waals surface area (Å²) in [6, 6.07) is 0. The van der Waals surface area contributed by atoms with E-state index in [4.69, 9.17) is 14.8 Å². The Morgan fingerprint density at radius 1 is 1.33 bits per heavy atom. The molecule has 0 aromatic heterocycles. The van der Waals surface area contributed by atoms with Gasteiger partial charge in [0.2, 0.25) is 0 Å². The van der Waals surface area contributed by atoms with Crippen LogP contribution in [-0.4, -0.2) is 34.7 Å². The van der Waals surface area contributed by atoms with Crippen molar-refractivity contribution in [1.82, 2.24) is 0 Å². The van der Waals surface area contributed by atoms with Crippen LogP contribution in [0.4, 0.5) is 0 Å². The lowest BCUT2D eigenvalue weighted by Crippen LogP contribution is -2.25. The SMILES string of the molecule is CCCC(CC(O)O)S(=O)(=O)O. The summed E-state index contributed by atoms with van der Waals surface area (Å²) in [6.07, 6.45) is -1.23. The molecule has 0 aliphatic heterocycles. The fourth-order valence-electron chi connectivity index (χ4n) is 0.945. The Kier molecular flexibility index (Phi) is 4.69. The fourth-order valence-corrected chi connectivity index (χ4v) is 1.89. The molecule has 0 aliphatic rings. The van der Waals surface area contributed by atoms with Gasteiger partial charge in [-0.1, -0.05) is 13.3 Å². The number of rotatable bonds is 5. The van der Waals surface area contributed by atoms with E-state index in [0.29, 0.717) is 6.42 Å². The third-order valence-corrected chi connectivity index (χ3v) is 2.78. The Morgan fingerprint density at radius 2 is 1.83 bits per heavy atom. The van der Waals surface area contributed by atoms with Gasteiger partial charge < -0.3 is 10.2 Å². The van der Waals surface area contributed by atoms with Crippen molar-refractivity contribution in [3.63, 3.8) is 0 Å². The molecule has 5 nitrogen and oxygen atoms in total. The fraction of sp³-hybridized carbons (Fsp3) is 1.00. The van der Waals surface area contributed by atoms with E-state index < -0.39 is 21.7 Å². The van der Waals surface area contributed by atoms with Gasteiger partial charge >= 0.3 is 0 Å². The summed E-state index contributed by atoms with van der Waals surface area (Å²) in [5.41, 5.74) is 0. The van der Waals surface area contributed by atoms with Gasteiger partial charge in [0.25, 0.3) is 10.1 Å². The van der Waals surface area contributed by atoms with Gasteiger partial charge in [-0.3, -0.25) is 4.55 Å². The van der Waals surface area contributed by atoms with Crippen LogP contribution in [0.25, 0.3) is 0 Å².